The van der Waals surface area contributed by atoms with E-state index in [1.807, 2.05) is 0 Å². The Morgan fingerprint density at radius 1 is 1.52 bits per heavy atom. The average molecular weight is 377 g/mol. The number of pyridine rings is 1. The highest BCUT2D eigenvalue weighted by Gasteiger charge is 2.34. The average Bonchev–Trinajstić information content (AvgIpc) is 2.47. The van der Waals surface area contributed by atoms with Crippen LogP contribution in [0.1, 0.15) is 19.8 Å². The van der Waals surface area contributed by atoms with Crippen LogP contribution in [0.3, 0.4) is 0 Å². The van der Waals surface area contributed by atoms with Crippen molar-refractivity contribution < 1.29 is 17.9 Å². The van der Waals surface area contributed by atoms with Crippen molar-refractivity contribution in [2.75, 3.05) is 19.7 Å². The van der Waals surface area contributed by atoms with Crippen molar-refractivity contribution in [1.82, 2.24) is 9.29 Å². The number of carbonyl (C=O) groups is 1. The Balaban J connectivity index is 2.18. The van der Waals surface area contributed by atoms with Gasteiger partial charge in [-0.1, -0.05) is 0 Å². The lowest BCUT2D eigenvalue weighted by Crippen LogP contribution is -2.42. The molecule has 0 saturated carbocycles. The predicted molar refractivity (Wildman–Crippen MR) is 80.1 cm³/mol. The van der Waals surface area contributed by atoms with Gasteiger partial charge in [-0.25, -0.2) is 8.42 Å². The minimum Gasteiger partial charge on any atom is -0.466 e. The molecule has 0 N–H and O–H groups in total. The second kappa shape index (κ2) is 6.85. The Bertz CT molecular complexity index is 620. The minimum absolute atomic E-state index is 0.126. The third-order valence-electron chi connectivity index (χ3n) is 3.32. The van der Waals surface area contributed by atoms with Crippen LogP contribution in [-0.4, -0.2) is 43.4 Å². The number of ether oxygens (including phenoxy) is 1. The third-order valence-corrected chi connectivity index (χ3v) is 5.59. The first-order chi connectivity index (χ1) is 9.95. The van der Waals surface area contributed by atoms with E-state index in [0.717, 1.165) is 0 Å². The van der Waals surface area contributed by atoms with Crippen molar-refractivity contribution in [2.24, 2.45) is 5.92 Å². The number of esters is 1. The smallest absolute Gasteiger partial charge is 0.310 e. The van der Waals surface area contributed by atoms with Crippen LogP contribution in [0, 0.1) is 5.92 Å². The Labute approximate surface area is 132 Å². The lowest BCUT2D eigenvalue weighted by atomic mass is 10.0. The number of carbonyl (C=O) groups excluding carboxylic acids is 1. The number of nitrogens with zero attached hydrogens (tertiary/aromatic N) is 2. The molecule has 0 aliphatic carbocycles. The molecule has 0 amide bonds. The van der Waals surface area contributed by atoms with Gasteiger partial charge in [0.1, 0.15) is 4.90 Å². The Morgan fingerprint density at radius 2 is 2.29 bits per heavy atom. The molecule has 0 unspecified atom stereocenters. The number of hydrogen-bond donors (Lipinski definition) is 0. The molecule has 1 aliphatic rings. The summed E-state index contributed by atoms with van der Waals surface area (Å²) in [6.07, 6.45) is 4.14. The molecular formula is C13H17BrN2O4S. The SMILES string of the molecule is CCOC(=O)[C@H]1CCCN(S(=O)(=O)c2cncc(Br)c2)C1. The van der Waals surface area contributed by atoms with Crippen molar-refractivity contribution in [2.45, 2.75) is 24.7 Å². The molecule has 0 radical (unpaired) electrons. The molecular weight excluding hydrogens is 360 g/mol. The van der Waals surface area contributed by atoms with Crippen LogP contribution in [0.25, 0.3) is 0 Å². The van der Waals surface area contributed by atoms with Crippen molar-refractivity contribution >= 4 is 31.9 Å². The quantitative estimate of drug-likeness (QED) is 0.748. The largest absolute Gasteiger partial charge is 0.466 e. The molecule has 21 heavy (non-hydrogen) atoms. The fourth-order valence-electron chi connectivity index (χ4n) is 2.30. The molecule has 1 fully saturated rings. The third kappa shape index (κ3) is 3.81. The van der Waals surface area contributed by atoms with Gasteiger partial charge in [-0.05, 0) is 41.8 Å². The first-order valence-corrected chi connectivity index (χ1v) is 8.95. The van der Waals surface area contributed by atoms with Crippen LogP contribution in [0.2, 0.25) is 0 Å². The van der Waals surface area contributed by atoms with Crippen LogP contribution in [-0.2, 0) is 19.6 Å². The lowest BCUT2D eigenvalue weighted by molar-refractivity contribution is -0.149. The molecule has 1 atom stereocenters. The molecule has 6 nitrogen and oxygen atoms in total. The summed E-state index contributed by atoms with van der Waals surface area (Å²) < 4.78 is 32.1. The topological polar surface area (TPSA) is 76.6 Å². The van der Waals surface area contributed by atoms with E-state index >= 15 is 0 Å². The first kappa shape index (κ1) is 16.4. The number of halogens is 1. The summed E-state index contributed by atoms with van der Waals surface area (Å²) in [5.41, 5.74) is 0. The van der Waals surface area contributed by atoms with E-state index in [2.05, 4.69) is 20.9 Å². The van der Waals surface area contributed by atoms with Crippen LogP contribution < -0.4 is 0 Å². The van der Waals surface area contributed by atoms with Gasteiger partial charge < -0.3 is 4.74 Å². The summed E-state index contributed by atoms with van der Waals surface area (Å²) in [4.78, 5) is 15.8. The summed E-state index contributed by atoms with van der Waals surface area (Å²) >= 11 is 3.21. The maximum Gasteiger partial charge on any atom is 0.310 e. The van der Waals surface area contributed by atoms with E-state index in [0.29, 0.717) is 30.5 Å². The fraction of sp³-hybridized carbons (Fsp3) is 0.538. The van der Waals surface area contributed by atoms with Gasteiger partial charge in [0.15, 0.2) is 0 Å². The second-order valence-electron chi connectivity index (χ2n) is 4.79. The highest BCUT2D eigenvalue weighted by atomic mass is 79.9. The Morgan fingerprint density at radius 3 is 2.95 bits per heavy atom. The van der Waals surface area contributed by atoms with Gasteiger partial charge in [0.05, 0.1) is 12.5 Å². The monoisotopic (exact) mass is 376 g/mol. The molecule has 0 aromatic carbocycles. The normalized spacial score (nSPS) is 20.2. The van der Waals surface area contributed by atoms with Gasteiger partial charge in [0, 0.05) is 30.0 Å². The summed E-state index contributed by atoms with van der Waals surface area (Å²) in [6, 6.07) is 1.51. The van der Waals surface area contributed by atoms with Crippen LogP contribution in [0.15, 0.2) is 27.8 Å². The molecule has 1 aliphatic heterocycles. The first-order valence-electron chi connectivity index (χ1n) is 6.72. The fourth-order valence-corrected chi connectivity index (χ4v) is 4.33. The number of rotatable bonds is 4. The van der Waals surface area contributed by atoms with Gasteiger partial charge in [-0.15, -0.1) is 0 Å². The van der Waals surface area contributed by atoms with Crippen molar-refractivity contribution in [3.63, 3.8) is 0 Å². The predicted octanol–water partition coefficient (Wildman–Crippen LogP) is 1.81. The van der Waals surface area contributed by atoms with E-state index in [4.69, 9.17) is 4.74 Å². The second-order valence-corrected chi connectivity index (χ2v) is 7.65. The molecule has 116 valence electrons. The van der Waals surface area contributed by atoms with Crippen molar-refractivity contribution in [1.29, 1.82) is 0 Å². The Kier molecular flexibility index (Phi) is 5.34. The number of aromatic nitrogens is 1. The molecule has 1 aromatic rings. The summed E-state index contributed by atoms with van der Waals surface area (Å²) in [5, 5.41) is 0. The summed E-state index contributed by atoms with van der Waals surface area (Å²) in [5.74, 6) is -0.724. The maximum absolute atomic E-state index is 12.6. The highest BCUT2D eigenvalue weighted by Crippen LogP contribution is 2.25. The minimum atomic E-state index is -3.63. The van der Waals surface area contributed by atoms with E-state index in [1.165, 1.54) is 22.8 Å². The molecule has 1 aromatic heterocycles. The standard InChI is InChI=1S/C13H17BrN2O4S/c1-2-20-13(17)10-4-3-5-16(9-10)21(18,19)12-6-11(14)7-15-8-12/h6-8,10H,2-5,9H2,1H3/t10-/m0/s1. The molecule has 2 heterocycles. The van der Waals surface area contributed by atoms with Gasteiger partial charge in [-0.3, -0.25) is 9.78 Å². The zero-order chi connectivity index (χ0) is 15.5. The van der Waals surface area contributed by atoms with E-state index in [-0.39, 0.29) is 17.4 Å². The molecule has 2 rings (SSSR count). The zero-order valence-electron chi connectivity index (χ0n) is 11.7. The van der Waals surface area contributed by atoms with Gasteiger partial charge in [-0.2, -0.15) is 4.31 Å². The van der Waals surface area contributed by atoms with Crippen molar-refractivity contribution in [3.8, 4) is 0 Å². The van der Waals surface area contributed by atoms with Crippen molar-refractivity contribution in [3.05, 3.63) is 22.9 Å². The van der Waals surface area contributed by atoms with Gasteiger partial charge in [0.25, 0.3) is 0 Å². The molecule has 0 bridgehead atoms. The van der Waals surface area contributed by atoms with Crippen LogP contribution in [0.5, 0.6) is 0 Å². The highest BCUT2D eigenvalue weighted by molar-refractivity contribution is 9.10. The van der Waals surface area contributed by atoms with Gasteiger partial charge in [0.2, 0.25) is 10.0 Å². The van der Waals surface area contributed by atoms with Gasteiger partial charge >= 0.3 is 5.97 Å². The number of sulfonamides is 1. The van der Waals surface area contributed by atoms with E-state index < -0.39 is 15.9 Å². The van der Waals surface area contributed by atoms with Crippen LogP contribution in [0.4, 0.5) is 0 Å². The number of hydrogen-bond acceptors (Lipinski definition) is 5. The summed E-state index contributed by atoms with van der Waals surface area (Å²) in [7, 11) is -3.63. The van der Waals surface area contributed by atoms with E-state index in [9.17, 15) is 13.2 Å². The molecule has 1 saturated heterocycles. The number of piperidine rings is 1. The summed E-state index contributed by atoms with van der Waals surface area (Å²) in [6.45, 7) is 2.61. The molecule has 8 heteroatoms. The lowest BCUT2D eigenvalue weighted by Gasteiger charge is -2.30. The zero-order valence-corrected chi connectivity index (χ0v) is 14.1. The van der Waals surface area contributed by atoms with E-state index in [1.54, 1.807) is 6.92 Å². The van der Waals surface area contributed by atoms with Crippen LogP contribution >= 0.6 is 15.9 Å². The maximum atomic E-state index is 12.6. The molecule has 0 spiro atoms. The Hall–Kier alpha value is -0.990.